The van der Waals surface area contributed by atoms with Crippen LogP contribution in [0.5, 0.6) is 0 Å². The van der Waals surface area contributed by atoms with Gasteiger partial charge in [0.05, 0.1) is 0 Å². The van der Waals surface area contributed by atoms with Gasteiger partial charge in [-0.15, -0.1) is 10.2 Å². The normalized spacial score (nSPS) is 10.6. The Hall–Kier alpha value is -2.34. The Balaban J connectivity index is 1.51. The van der Waals surface area contributed by atoms with E-state index >= 15 is 0 Å². The molecular weight excluding hydrogens is 299 g/mol. The van der Waals surface area contributed by atoms with Crippen molar-refractivity contribution in [2.45, 2.75) is 12.8 Å². The summed E-state index contributed by atoms with van der Waals surface area (Å²) in [7, 11) is 0. The van der Waals surface area contributed by atoms with Crippen molar-refractivity contribution < 1.29 is 4.39 Å². The van der Waals surface area contributed by atoms with Crippen molar-refractivity contribution in [2.24, 2.45) is 0 Å². The molecule has 1 N–H and O–H groups in total. The number of hydrogen-bond donors (Lipinski definition) is 1. The van der Waals surface area contributed by atoms with Crippen LogP contribution in [-0.2, 0) is 12.8 Å². The van der Waals surface area contributed by atoms with Crippen LogP contribution in [0.3, 0.4) is 0 Å². The molecule has 0 aliphatic rings. The van der Waals surface area contributed by atoms with Crippen LogP contribution >= 0.6 is 11.3 Å². The highest BCUT2D eigenvalue weighted by Crippen LogP contribution is 2.18. The Morgan fingerprint density at radius 1 is 1.05 bits per heavy atom. The average molecular weight is 314 g/mol. The molecule has 0 saturated heterocycles. The van der Waals surface area contributed by atoms with E-state index in [4.69, 9.17) is 0 Å². The van der Waals surface area contributed by atoms with Crippen LogP contribution in [0.15, 0.2) is 48.7 Å². The van der Waals surface area contributed by atoms with Gasteiger partial charge in [0.15, 0.2) is 0 Å². The van der Waals surface area contributed by atoms with Gasteiger partial charge in [0.2, 0.25) is 5.13 Å². The molecule has 0 spiro atoms. The summed E-state index contributed by atoms with van der Waals surface area (Å²) in [6, 6.07) is 12.3. The molecule has 1 aromatic carbocycles. The molecule has 0 atom stereocenters. The predicted molar refractivity (Wildman–Crippen MR) is 85.5 cm³/mol. The highest BCUT2D eigenvalue weighted by Gasteiger charge is 2.05. The van der Waals surface area contributed by atoms with Crippen molar-refractivity contribution in [3.8, 4) is 0 Å². The number of hydrogen-bond acceptors (Lipinski definition) is 5. The van der Waals surface area contributed by atoms with Gasteiger partial charge in [-0.2, -0.15) is 0 Å². The monoisotopic (exact) mass is 314 g/mol. The van der Waals surface area contributed by atoms with E-state index in [9.17, 15) is 4.39 Å². The lowest BCUT2D eigenvalue weighted by Gasteiger charge is -2.01. The average Bonchev–Trinajstić information content (AvgIpc) is 2.98. The van der Waals surface area contributed by atoms with Gasteiger partial charge in [0.1, 0.15) is 10.8 Å². The van der Waals surface area contributed by atoms with E-state index in [-0.39, 0.29) is 5.82 Å². The molecule has 0 aliphatic carbocycles. The topological polar surface area (TPSA) is 50.7 Å². The Bertz CT molecular complexity index is 713. The molecule has 3 aromatic rings. The number of nitrogens with zero attached hydrogens (tertiary/aromatic N) is 3. The number of pyridine rings is 1. The third-order valence-corrected chi connectivity index (χ3v) is 4.00. The first-order valence-corrected chi connectivity index (χ1v) is 7.82. The maximum atomic E-state index is 12.9. The Morgan fingerprint density at radius 2 is 1.91 bits per heavy atom. The first kappa shape index (κ1) is 14.6. The van der Waals surface area contributed by atoms with Crippen LogP contribution in [0.25, 0.3) is 0 Å². The molecule has 0 bridgehead atoms. The summed E-state index contributed by atoms with van der Waals surface area (Å²) in [5, 5.41) is 13.2. The number of benzene rings is 1. The fourth-order valence-electron chi connectivity index (χ4n) is 2.02. The van der Waals surface area contributed by atoms with Crippen LogP contribution in [0.2, 0.25) is 0 Å². The van der Waals surface area contributed by atoms with Crippen LogP contribution in [0, 0.1) is 5.82 Å². The Labute approximate surface area is 132 Å². The summed E-state index contributed by atoms with van der Waals surface area (Å²) in [4.78, 5) is 4.27. The van der Waals surface area contributed by atoms with Crippen LogP contribution in [0.1, 0.15) is 16.3 Å². The molecule has 0 amide bonds. The van der Waals surface area contributed by atoms with Gasteiger partial charge in [-0.1, -0.05) is 29.5 Å². The summed E-state index contributed by atoms with van der Waals surface area (Å²) in [5.74, 6) is -0.224. The van der Waals surface area contributed by atoms with Crippen molar-refractivity contribution in [3.05, 3.63) is 70.7 Å². The Morgan fingerprint density at radius 3 is 2.68 bits per heavy atom. The van der Waals surface area contributed by atoms with Gasteiger partial charge in [-0.05, 0) is 29.8 Å². The SMILES string of the molecule is Fc1ccc(Cc2nnc(NCCc3ccccn3)s2)cc1. The molecular formula is C16H15FN4S. The van der Waals surface area contributed by atoms with E-state index < -0.39 is 0 Å². The summed E-state index contributed by atoms with van der Waals surface area (Å²) >= 11 is 1.52. The largest absolute Gasteiger partial charge is 0.360 e. The van der Waals surface area contributed by atoms with Crippen molar-refractivity contribution in [2.75, 3.05) is 11.9 Å². The van der Waals surface area contributed by atoms with E-state index in [1.165, 1.54) is 23.5 Å². The number of anilines is 1. The number of nitrogens with one attached hydrogen (secondary N) is 1. The zero-order chi connectivity index (χ0) is 15.2. The molecule has 0 unspecified atom stereocenters. The molecule has 4 nitrogen and oxygen atoms in total. The van der Waals surface area contributed by atoms with Crippen LogP contribution < -0.4 is 5.32 Å². The minimum atomic E-state index is -0.224. The molecule has 2 aromatic heterocycles. The lowest BCUT2D eigenvalue weighted by atomic mass is 10.2. The molecule has 0 saturated carbocycles. The zero-order valence-electron chi connectivity index (χ0n) is 11.9. The zero-order valence-corrected chi connectivity index (χ0v) is 12.7. The number of rotatable bonds is 6. The van der Waals surface area contributed by atoms with Gasteiger partial charge >= 0.3 is 0 Å². The van der Waals surface area contributed by atoms with E-state index in [0.717, 1.165) is 34.4 Å². The maximum absolute atomic E-state index is 12.9. The maximum Gasteiger partial charge on any atom is 0.205 e. The van der Waals surface area contributed by atoms with E-state index in [0.29, 0.717) is 6.42 Å². The molecule has 22 heavy (non-hydrogen) atoms. The summed E-state index contributed by atoms with van der Waals surface area (Å²) in [6.07, 6.45) is 3.30. The lowest BCUT2D eigenvalue weighted by molar-refractivity contribution is 0.627. The minimum Gasteiger partial charge on any atom is -0.360 e. The van der Waals surface area contributed by atoms with Gasteiger partial charge in [-0.3, -0.25) is 4.98 Å². The fourth-order valence-corrected chi connectivity index (χ4v) is 2.82. The molecule has 0 aliphatic heterocycles. The second-order valence-corrected chi connectivity index (χ2v) is 5.86. The van der Waals surface area contributed by atoms with Crippen LogP contribution in [0.4, 0.5) is 9.52 Å². The standard InChI is InChI=1S/C16H15FN4S/c17-13-6-4-12(5-7-13)11-15-20-21-16(22-15)19-10-8-14-3-1-2-9-18-14/h1-7,9H,8,10-11H2,(H,19,21). The molecule has 2 heterocycles. The third kappa shape index (κ3) is 4.08. The smallest absolute Gasteiger partial charge is 0.205 e. The van der Waals surface area contributed by atoms with E-state index in [1.807, 2.05) is 18.2 Å². The Kier molecular flexibility index (Phi) is 4.70. The first-order chi connectivity index (χ1) is 10.8. The van der Waals surface area contributed by atoms with Crippen molar-refractivity contribution >= 4 is 16.5 Å². The number of halogens is 1. The molecule has 3 rings (SSSR count). The quantitative estimate of drug-likeness (QED) is 0.758. The molecule has 0 radical (unpaired) electrons. The fraction of sp³-hybridized carbons (Fsp3) is 0.188. The number of aromatic nitrogens is 3. The highest BCUT2D eigenvalue weighted by molar-refractivity contribution is 7.15. The third-order valence-electron chi connectivity index (χ3n) is 3.12. The van der Waals surface area contributed by atoms with Gasteiger partial charge in [-0.25, -0.2) is 4.39 Å². The second-order valence-electron chi connectivity index (χ2n) is 4.80. The van der Waals surface area contributed by atoms with Gasteiger partial charge < -0.3 is 5.32 Å². The summed E-state index contributed by atoms with van der Waals surface area (Å²) < 4.78 is 12.9. The lowest BCUT2D eigenvalue weighted by Crippen LogP contribution is -2.05. The predicted octanol–water partition coefficient (Wildman–Crippen LogP) is 3.32. The van der Waals surface area contributed by atoms with Crippen molar-refractivity contribution in [1.82, 2.24) is 15.2 Å². The van der Waals surface area contributed by atoms with Crippen molar-refractivity contribution in [3.63, 3.8) is 0 Å². The van der Waals surface area contributed by atoms with E-state index in [1.54, 1.807) is 18.3 Å². The van der Waals surface area contributed by atoms with Crippen LogP contribution in [-0.4, -0.2) is 21.7 Å². The first-order valence-electron chi connectivity index (χ1n) is 7.00. The van der Waals surface area contributed by atoms with Crippen molar-refractivity contribution in [1.29, 1.82) is 0 Å². The second kappa shape index (κ2) is 7.09. The highest BCUT2D eigenvalue weighted by atomic mass is 32.1. The summed E-state index contributed by atoms with van der Waals surface area (Å²) in [6.45, 7) is 0.766. The van der Waals surface area contributed by atoms with Gasteiger partial charge in [0.25, 0.3) is 0 Å². The molecule has 112 valence electrons. The summed E-state index contributed by atoms with van der Waals surface area (Å²) in [5.41, 5.74) is 2.07. The van der Waals surface area contributed by atoms with Gasteiger partial charge in [0, 0.05) is 31.3 Å². The van der Waals surface area contributed by atoms with E-state index in [2.05, 4.69) is 20.5 Å². The molecule has 6 heteroatoms. The minimum absolute atomic E-state index is 0.224. The molecule has 0 fully saturated rings.